The third-order valence-corrected chi connectivity index (χ3v) is 5.30. The quantitative estimate of drug-likeness (QED) is 0.904. The summed E-state index contributed by atoms with van der Waals surface area (Å²) >= 11 is 5.18. The molecular formula is C11H14BrN3OS. The molecule has 4 nitrogen and oxygen atoms in total. The number of thiophene rings is 1. The summed E-state index contributed by atoms with van der Waals surface area (Å²) in [6.07, 6.45) is 0. The lowest BCUT2D eigenvalue weighted by Gasteiger charge is -2.34. The number of nitrogens with zero attached hydrogens (tertiary/aromatic N) is 2. The Labute approximate surface area is 113 Å². The molecule has 2 saturated heterocycles. The molecule has 1 unspecified atom stereocenters. The number of halogens is 1. The Morgan fingerprint density at radius 3 is 2.82 bits per heavy atom. The molecule has 1 aromatic heterocycles. The first-order valence-corrected chi connectivity index (χ1v) is 7.32. The number of likely N-dealkylation sites (N-methyl/N-ethyl adjacent to an activating group) is 1. The molecule has 0 saturated carbocycles. The molecule has 0 spiro atoms. The summed E-state index contributed by atoms with van der Waals surface area (Å²) in [6.45, 7) is 2.68. The van der Waals surface area contributed by atoms with E-state index in [2.05, 4.69) is 32.7 Å². The van der Waals surface area contributed by atoms with E-state index in [0.717, 1.165) is 24.1 Å². The first kappa shape index (κ1) is 11.5. The van der Waals surface area contributed by atoms with Gasteiger partial charge in [-0.05, 0) is 22.0 Å². The van der Waals surface area contributed by atoms with E-state index in [1.807, 2.05) is 16.8 Å². The van der Waals surface area contributed by atoms with Gasteiger partial charge in [-0.2, -0.15) is 0 Å². The van der Waals surface area contributed by atoms with E-state index in [9.17, 15) is 4.79 Å². The second-order valence-corrected chi connectivity index (χ2v) is 6.40. The van der Waals surface area contributed by atoms with Gasteiger partial charge < -0.3 is 15.1 Å². The summed E-state index contributed by atoms with van der Waals surface area (Å²) in [6, 6.07) is 2.87. The summed E-state index contributed by atoms with van der Waals surface area (Å²) in [5, 5.41) is 5.29. The Kier molecular flexibility index (Phi) is 2.88. The second-order valence-electron chi connectivity index (χ2n) is 4.54. The molecular weight excluding hydrogens is 302 g/mol. The lowest BCUT2D eigenvalue weighted by Crippen LogP contribution is -2.57. The topological polar surface area (TPSA) is 35.6 Å². The number of nitrogens with one attached hydrogen (secondary N) is 1. The maximum Gasteiger partial charge on any atom is 0.320 e. The van der Waals surface area contributed by atoms with Crippen LogP contribution in [0.4, 0.5) is 4.79 Å². The zero-order chi connectivity index (χ0) is 12.0. The van der Waals surface area contributed by atoms with Crippen molar-refractivity contribution in [3.63, 3.8) is 0 Å². The maximum absolute atomic E-state index is 12.1. The largest absolute Gasteiger partial charge is 0.320 e. The summed E-state index contributed by atoms with van der Waals surface area (Å²) in [4.78, 5) is 17.3. The van der Waals surface area contributed by atoms with Crippen LogP contribution in [-0.4, -0.2) is 48.6 Å². The molecule has 1 N–H and O–H groups in total. The Hall–Kier alpha value is -0.590. The number of carbonyl (C=O) groups is 1. The van der Waals surface area contributed by atoms with Gasteiger partial charge in [-0.25, -0.2) is 4.79 Å². The van der Waals surface area contributed by atoms with E-state index < -0.39 is 0 Å². The summed E-state index contributed by atoms with van der Waals surface area (Å²) in [5.74, 6) is 0. The number of amides is 2. The highest BCUT2D eigenvalue weighted by Gasteiger charge is 2.41. The van der Waals surface area contributed by atoms with Crippen molar-refractivity contribution in [1.82, 2.24) is 15.1 Å². The van der Waals surface area contributed by atoms with Gasteiger partial charge >= 0.3 is 6.03 Å². The van der Waals surface area contributed by atoms with Gasteiger partial charge in [0.05, 0.1) is 12.1 Å². The van der Waals surface area contributed by atoms with Crippen LogP contribution in [0.25, 0.3) is 0 Å². The van der Waals surface area contributed by atoms with Gasteiger partial charge in [-0.1, -0.05) is 0 Å². The molecule has 17 heavy (non-hydrogen) atoms. The van der Waals surface area contributed by atoms with Crippen LogP contribution in [0.5, 0.6) is 0 Å². The predicted octanol–water partition coefficient (Wildman–Crippen LogP) is 1.89. The van der Waals surface area contributed by atoms with Crippen molar-refractivity contribution in [2.75, 3.05) is 26.7 Å². The van der Waals surface area contributed by atoms with E-state index in [1.54, 1.807) is 11.3 Å². The average Bonchev–Trinajstić information content (AvgIpc) is 2.75. The summed E-state index contributed by atoms with van der Waals surface area (Å²) < 4.78 is 1.10. The fraction of sp³-hybridized carbons (Fsp3) is 0.545. The Bertz CT molecular complexity index is 446. The van der Waals surface area contributed by atoms with E-state index in [-0.39, 0.29) is 12.1 Å². The third kappa shape index (κ3) is 1.88. The van der Waals surface area contributed by atoms with E-state index in [0.29, 0.717) is 6.04 Å². The molecule has 2 fully saturated rings. The Morgan fingerprint density at radius 2 is 2.29 bits per heavy atom. The number of carbonyl (C=O) groups excluding carboxylic acids is 1. The van der Waals surface area contributed by atoms with E-state index in [1.165, 1.54) is 4.88 Å². The van der Waals surface area contributed by atoms with Crippen LogP contribution in [0.1, 0.15) is 10.9 Å². The molecule has 1 aromatic rings. The highest BCUT2D eigenvalue weighted by Crippen LogP contribution is 2.34. The van der Waals surface area contributed by atoms with Crippen molar-refractivity contribution < 1.29 is 4.79 Å². The molecule has 0 bridgehead atoms. The minimum absolute atomic E-state index is 0.158. The van der Waals surface area contributed by atoms with Gasteiger partial charge in [-0.15, -0.1) is 11.3 Å². The van der Waals surface area contributed by atoms with Crippen LogP contribution in [0, 0.1) is 0 Å². The molecule has 1 atom stereocenters. The molecule has 3 heterocycles. The lowest BCUT2D eigenvalue weighted by atomic mass is 10.1. The average molecular weight is 316 g/mol. The first-order valence-electron chi connectivity index (χ1n) is 5.65. The normalized spacial score (nSPS) is 25.5. The number of hydrogen-bond donors (Lipinski definition) is 1. The fourth-order valence-electron chi connectivity index (χ4n) is 2.31. The summed E-state index contributed by atoms with van der Waals surface area (Å²) in [7, 11) is 1.90. The van der Waals surface area contributed by atoms with Gasteiger partial charge in [0.15, 0.2) is 0 Å². The molecule has 0 radical (unpaired) electrons. The number of hydrogen-bond acceptors (Lipinski definition) is 3. The predicted molar refractivity (Wildman–Crippen MR) is 71.3 cm³/mol. The molecule has 0 aromatic carbocycles. The Balaban J connectivity index is 1.80. The number of urea groups is 1. The van der Waals surface area contributed by atoms with Crippen LogP contribution in [0.15, 0.2) is 15.9 Å². The van der Waals surface area contributed by atoms with Crippen molar-refractivity contribution in [1.29, 1.82) is 0 Å². The Morgan fingerprint density at radius 1 is 1.53 bits per heavy atom. The van der Waals surface area contributed by atoms with Gasteiger partial charge in [0.1, 0.15) is 0 Å². The second kappa shape index (κ2) is 4.26. The smallest absolute Gasteiger partial charge is 0.318 e. The maximum atomic E-state index is 12.1. The standard InChI is InChI=1S/C11H14BrN3OS/c1-14-9(10-2-7(12)6-17-10)5-15(11(14)16)8-3-13-4-8/h2,6,8-9,13H,3-5H2,1H3. The number of rotatable bonds is 2. The van der Waals surface area contributed by atoms with Crippen LogP contribution >= 0.6 is 27.3 Å². The van der Waals surface area contributed by atoms with Crippen molar-refractivity contribution in [2.24, 2.45) is 0 Å². The molecule has 92 valence electrons. The van der Waals surface area contributed by atoms with Crippen molar-refractivity contribution in [2.45, 2.75) is 12.1 Å². The molecule has 2 aliphatic rings. The minimum atomic E-state index is 0.158. The van der Waals surface area contributed by atoms with Crippen LogP contribution in [-0.2, 0) is 0 Å². The fourth-order valence-corrected chi connectivity index (χ4v) is 3.89. The third-order valence-electron chi connectivity index (χ3n) is 3.50. The van der Waals surface area contributed by atoms with Crippen LogP contribution in [0.3, 0.4) is 0 Å². The van der Waals surface area contributed by atoms with Crippen molar-refractivity contribution in [3.8, 4) is 0 Å². The zero-order valence-corrected chi connectivity index (χ0v) is 11.9. The molecule has 2 amide bonds. The first-order chi connectivity index (χ1) is 8.16. The van der Waals surface area contributed by atoms with Crippen molar-refractivity contribution in [3.05, 3.63) is 20.8 Å². The zero-order valence-electron chi connectivity index (χ0n) is 9.52. The van der Waals surface area contributed by atoms with Gasteiger partial charge in [0, 0.05) is 41.4 Å². The molecule has 3 rings (SSSR count). The van der Waals surface area contributed by atoms with Crippen molar-refractivity contribution >= 4 is 33.3 Å². The van der Waals surface area contributed by atoms with Gasteiger partial charge in [-0.3, -0.25) is 0 Å². The highest BCUT2D eigenvalue weighted by atomic mass is 79.9. The van der Waals surface area contributed by atoms with Gasteiger partial charge in [0.2, 0.25) is 0 Å². The van der Waals surface area contributed by atoms with E-state index in [4.69, 9.17) is 0 Å². The SMILES string of the molecule is CN1C(=O)N(C2CNC2)CC1c1cc(Br)cs1. The minimum Gasteiger partial charge on any atom is -0.318 e. The van der Waals surface area contributed by atoms with E-state index >= 15 is 0 Å². The molecule has 2 aliphatic heterocycles. The summed E-state index contributed by atoms with van der Waals surface area (Å²) in [5.41, 5.74) is 0. The van der Waals surface area contributed by atoms with Gasteiger partial charge in [0.25, 0.3) is 0 Å². The van der Waals surface area contributed by atoms with Crippen LogP contribution < -0.4 is 5.32 Å². The monoisotopic (exact) mass is 315 g/mol. The molecule has 0 aliphatic carbocycles. The molecule has 6 heteroatoms. The lowest BCUT2D eigenvalue weighted by molar-refractivity contribution is 0.162. The highest BCUT2D eigenvalue weighted by molar-refractivity contribution is 9.10. The van der Waals surface area contributed by atoms with Crippen LogP contribution in [0.2, 0.25) is 0 Å².